The third kappa shape index (κ3) is 3.37. The van der Waals surface area contributed by atoms with Crippen LogP contribution in [0, 0.1) is 20.8 Å². The normalized spacial score (nSPS) is 10.6. The summed E-state index contributed by atoms with van der Waals surface area (Å²) in [6, 6.07) is 4.47. The average Bonchev–Trinajstić information content (AvgIpc) is 2.12. The number of hydrogen-bond acceptors (Lipinski definition) is 1. The van der Waals surface area contributed by atoms with Crippen LogP contribution in [0.25, 0.3) is 0 Å². The maximum Gasteiger partial charge on any atom is 0.224 e. The lowest BCUT2D eigenvalue weighted by atomic mass is 9.98. The predicted molar refractivity (Wildman–Crippen MR) is 67.6 cm³/mol. The van der Waals surface area contributed by atoms with E-state index in [2.05, 4.69) is 38.2 Å². The van der Waals surface area contributed by atoms with Crippen LogP contribution in [0.5, 0.6) is 0 Å². The summed E-state index contributed by atoms with van der Waals surface area (Å²) in [5, 5.41) is 2.91. The highest BCUT2D eigenvalue weighted by atomic mass is 16.1. The van der Waals surface area contributed by atoms with Gasteiger partial charge in [-0.1, -0.05) is 12.1 Å². The van der Waals surface area contributed by atoms with Gasteiger partial charge in [-0.05, 0) is 56.9 Å². The Morgan fingerprint density at radius 3 is 2.25 bits per heavy atom. The summed E-state index contributed by atoms with van der Waals surface area (Å²) < 4.78 is 0. The zero-order valence-corrected chi connectivity index (χ0v) is 10.8. The number of amides is 1. The summed E-state index contributed by atoms with van der Waals surface area (Å²) in [6.45, 7) is 10.2. The molecule has 0 fully saturated rings. The van der Waals surface area contributed by atoms with Gasteiger partial charge < -0.3 is 5.32 Å². The standard InChI is InChI=1S/C14H21NO/c1-9(2)15-14(16)8-13-7-11(4)10(3)6-12(13)5/h6-7,9H,8H2,1-5H3,(H,15,16). The van der Waals surface area contributed by atoms with Crippen LogP contribution < -0.4 is 5.32 Å². The first kappa shape index (κ1) is 12.8. The fourth-order valence-electron chi connectivity index (χ4n) is 1.76. The molecule has 0 aromatic heterocycles. The molecule has 1 aromatic rings. The van der Waals surface area contributed by atoms with E-state index >= 15 is 0 Å². The highest BCUT2D eigenvalue weighted by molar-refractivity contribution is 5.79. The van der Waals surface area contributed by atoms with Crippen molar-refractivity contribution in [2.75, 3.05) is 0 Å². The van der Waals surface area contributed by atoms with Gasteiger partial charge in [-0.3, -0.25) is 4.79 Å². The van der Waals surface area contributed by atoms with Gasteiger partial charge in [-0.25, -0.2) is 0 Å². The topological polar surface area (TPSA) is 29.1 Å². The van der Waals surface area contributed by atoms with E-state index in [1.165, 1.54) is 16.7 Å². The number of nitrogens with one attached hydrogen (secondary N) is 1. The smallest absolute Gasteiger partial charge is 0.224 e. The van der Waals surface area contributed by atoms with E-state index in [-0.39, 0.29) is 11.9 Å². The van der Waals surface area contributed by atoms with Crippen molar-refractivity contribution in [2.45, 2.75) is 47.1 Å². The van der Waals surface area contributed by atoms with Crippen molar-refractivity contribution >= 4 is 5.91 Å². The van der Waals surface area contributed by atoms with Gasteiger partial charge in [0, 0.05) is 6.04 Å². The molecule has 2 heteroatoms. The third-order valence-electron chi connectivity index (χ3n) is 2.75. The Morgan fingerprint density at radius 2 is 1.69 bits per heavy atom. The molecule has 1 rings (SSSR count). The maximum atomic E-state index is 11.7. The summed E-state index contributed by atoms with van der Waals surface area (Å²) >= 11 is 0. The van der Waals surface area contributed by atoms with Crippen molar-refractivity contribution in [1.82, 2.24) is 5.32 Å². The van der Waals surface area contributed by atoms with E-state index in [0.717, 1.165) is 5.56 Å². The van der Waals surface area contributed by atoms with Crippen LogP contribution in [0.15, 0.2) is 12.1 Å². The zero-order valence-electron chi connectivity index (χ0n) is 10.8. The Labute approximate surface area is 98.1 Å². The van der Waals surface area contributed by atoms with E-state index < -0.39 is 0 Å². The molecule has 0 aliphatic carbocycles. The second-order valence-electron chi connectivity index (χ2n) is 4.76. The molecule has 0 aliphatic rings. The van der Waals surface area contributed by atoms with E-state index in [1.54, 1.807) is 0 Å². The van der Waals surface area contributed by atoms with Crippen LogP contribution >= 0.6 is 0 Å². The fourth-order valence-corrected chi connectivity index (χ4v) is 1.76. The van der Waals surface area contributed by atoms with Gasteiger partial charge in [0.15, 0.2) is 0 Å². The molecule has 1 aromatic carbocycles. The minimum Gasteiger partial charge on any atom is -0.354 e. The predicted octanol–water partition coefficient (Wildman–Crippen LogP) is 2.68. The number of rotatable bonds is 3. The lowest BCUT2D eigenvalue weighted by molar-refractivity contribution is -0.120. The Hall–Kier alpha value is -1.31. The highest BCUT2D eigenvalue weighted by Crippen LogP contribution is 2.15. The van der Waals surface area contributed by atoms with E-state index in [1.807, 2.05) is 13.8 Å². The molecule has 0 bridgehead atoms. The Kier molecular flexibility index (Phi) is 4.11. The van der Waals surface area contributed by atoms with Crippen LogP contribution in [-0.4, -0.2) is 11.9 Å². The molecule has 0 unspecified atom stereocenters. The van der Waals surface area contributed by atoms with Crippen LogP contribution in [0.3, 0.4) is 0 Å². The average molecular weight is 219 g/mol. The molecular formula is C14H21NO. The molecule has 0 saturated heterocycles. The zero-order chi connectivity index (χ0) is 12.3. The molecular weight excluding hydrogens is 198 g/mol. The summed E-state index contributed by atoms with van der Waals surface area (Å²) in [4.78, 5) is 11.7. The molecule has 1 N–H and O–H groups in total. The Bertz CT molecular complexity index is 394. The van der Waals surface area contributed by atoms with Crippen molar-refractivity contribution in [1.29, 1.82) is 0 Å². The molecule has 0 saturated carbocycles. The van der Waals surface area contributed by atoms with Gasteiger partial charge in [0.05, 0.1) is 6.42 Å². The molecule has 0 atom stereocenters. The van der Waals surface area contributed by atoms with Crippen LogP contribution in [0.2, 0.25) is 0 Å². The number of hydrogen-bond donors (Lipinski definition) is 1. The second kappa shape index (κ2) is 5.15. The van der Waals surface area contributed by atoms with Crippen molar-refractivity contribution < 1.29 is 4.79 Å². The summed E-state index contributed by atoms with van der Waals surface area (Å²) in [7, 11) is 0. The molecule has 88 valence electrons. The first-order valence-corrected chi connectivity index (χ1v) is 5.76. The van der Waals surface area contributed by atoms with E-state index in [9.17, 15) is 4.79 Å². The first-order chi connectivity index (χ1) is 7.40. The number of aryl methyl sites for hydroxylation is 3. The summed E-state index contributed by atoms with van der Waals surface area (Å²) in [5.74, 6) is 0.0985. The van der Waals surface area contributed by atoms with Crippen molar-refractivity contribution in [3.05, 3.63) is 34.4 Å². The van der Waals surface area contributed by atoms with Gasteiger partial charge in [0.2, 0.25) is 5.91 Å². The maximum absolute atomic E-state index is 11.7. The molecule has 0 heterocycles. The molecule has 16 heavy (non-hydrogen) atoms. The molecule has 1 amide bonds. The Balaban J connectivity index is 2.81. The van der Waals surface area contributed by atoms with Crippen molar-refractivity contribution in [3.63, 3.8) is 0 Å². The minimum atomic E-state index is 0.0985. The monoisotopic (exact) mass is 219 g/mol. The van der Waals surface area contributed by atoms with E-state index in [4.69, 9.17) is 0 Å². The van der Waals surface area contributed by atoms with Gasteiger partial charge >= 0.3 is 0 Å². The molecule has 0 radical (unpaired) electrons. The lowest BCUT2D eigenvalue weighted by Gasteiger charge is -2.11. The molecule has 0 aliphatic heterocycles. The van der Waals surface area contributed by atoms with Crippen LogP contribution in [0.1, 0.15) is 36.1 Å². The number of carbonyl (C=O) groups excluding carboxylic acids is 1. The number of benzene rings is 1. The third-order valence-corrected chi connectivity index (χ3v) is 2.75. The first-order valence-electron chi connectivity index (χ1n) is 5.76. The molecule has 0 spiro atoms. The van der Waals surface area contributed by atoms with Crippen LogP contribution in [-0.2, 0) is 11.2 Å². The Morgan fingerprint density at radius 1 is 1.12 bits per heavy atom. The van der Waals surface area contributed by atoms with E-state index in [0.29, 0.717) is 6.42 Å². The second-order valence-corrected chi connectivity index (χ2v) is 4.76. The van der Waals surface area contributed by atoms with Gasteiger partial charge in [-0.15, -0.1) is 0 Å². The van der Waals surface area contributed by atoms with Gasteiger partial charge in [0.1, 0.15) is 0 Å². The van der Waals surface area contributed by atoms with Crippen molar-refractivity contribution in [2.24, 2.45) is 0 Å². The number of carbonyl (C=O) groups is 1. The summed E-state index contributed by atoms with van der Waals surface area (Å²) in [5.41, 5.74) is 4.85. The molecule has 2 nitrogen and oxygen atoms in total. The highest BCUT2D eigenvalue weighted by Gasteiger charge is 2.08. The van der Waals surface area contributed by atoms with Crippen LogP contribution in [0.4, 0.5) is 0 Å². The SMILES string of the molecule is Cc1cc(C)c(CC(=O)NC(C)C)cc1C. The lowest BCUT2D eigenvalue weighted by Crippen LogP contribution is -2.31. The summed E-state index contributed by atoms with van der Waals surface area (Å²) in [6.07, 6.45) is 0.477. The van der Waals surface area contributed by atoms with Gasteiger partial charge in [0.25, 0.3) is 0 Å². The fraction of sp³-hybridized carbons (Fsp3) is 0.500. The van der Waals surface area contributed by atoms with Gasteiger partial charge in [-0.2, -0.15) is 0 Å². The van der Waals surface area contributed by atoms with Crippen molar-refractivity contribution in [3.8, 4) is 0 Å². The largest absolute Gasteiger partial charge is 0.354 e. The minimum absolute atomic E-state index is 0.0985. The quantitative estimate of drug-likeness (QED) is 0.832.